The number of allylic oxidation sites excluding steroid dienone is 1. The summed E-state index contributed by atoms with van der Waals surface area (Å²) >= 11 is 0. The second-order valence-electron chi connectivity index (χ2n) is 7.48. The molecule has 0 bridgehead atoms. The van der Waals surface area contributed by atoms with Crippen LogP contribution in [-0.4, -0.2) is 43.1 Å². The third-order valence-corrected chi connectivity index (χ3v) is 5.56. The van der Waals surface area contributed by atoms with Gasteiger partial charge in [0.05, 0.1) is 5.75 Å². The van der Waals surface area contributed by atoms with Crippen LogP contribution in [0.15, 0.2) is 12.2 Å². The van der Waals surface area contributed by atoms with Gasteiger partial charge in [-0.05, 0) is 31.8 Å². The molecule has 0 atom stereocenters. The van der Waals surface area contributed by atoms with E-state index in [9.17, 15) is 13.2 Å². The lowest BCUT2D eigenvalue weighted by atomic mass is 10.1. The van der Waals surface area contributed by atoms with Crippen LogP contribution in [0.25, 0.3) is 0 Å². The minimum atomic E-state index is -3.90. The highest BCUT2D eigenvalue weighted by molar-refractivity contribution is 7.85. The Kier molecular flexibility index (Phi) is 16.7. The van der Waals surface area contributed by atoms with Crippen LogP contribution in [0, 0.1) is 0 Å². The van der Waals surface area contributed by atoms with Crippen molar-refractivity contribution in [2.45, 2.75) is 96.8 Å². The van der Waals surface area contributed by atoms with Crippen molar-refractivity contribution in [2.75, 3.05) is 19.3 Å². The van der Waals surface area contributed by atoms with Crippen molar-refractivity contribution in [2.24, 2.45) is 0 Å². The number of hydrogen-bond donors (Lipinski definition) is 1. The predicted octanol–water partition coefficient (Wildman–Crippen LogP) is 5.37. The Morgan fingerprint density at radius 3 is 1.89 bits per heavy atom. The van der Waals surface area contributed by atoms with Gasteiger partial charge in [0.2, 0.25) is 5.91 Å². The molecule has 0 aromatic carbocycles. The molecule has 0 fully saturated rings. The summed E-state index contributed by atoms with van der Waals surface area (Å²) in [5.74, 6) is -0.297. The molecule has 5 nitrogen and oxygen atoms in total. The molecule has 0 saturated heterocycles. The molecule has 27 heavy (non-hydrogen) atoms. The van der Waals surface area contributed by atoms with Crippen molar-refractivity contribution in [1.82, 2.24) is 4.90 Å². The molecule has 0 saturated carbocycles. The molecule has 0 aliphatic heterocycles. The lowest BCUT2D eigenvalue weighted by Crippen LogP contribution is -2.26. The minimum absolute atomic E-state index is 0.0510. The number of unbranched alkanes of at least 4 members (excludes halogenated alkanes) is 12. The molecule has 0 radical (unpaired) electrons. The number of amides is 1. The average molecular weight is 404 g/mol. The van der Waals surface area contributed by atoms with E-state index >= 15 is 0 Å². The fourth-order valence-electron chi connectivity index (χ4n) is 2.98. The zero-order valence-electron chi connectivity index (χ0n) is 17.5. The molecule has 1 N–H and O–H groups in total. The van der Waals surface area contributed by atoms with Crippen LogP contribution in [-0.2, 0) is 14.9 Å². The van der Waals surface area contributed by atoms with Crippen LogP contribution in [0.3, 0.4) is 0 Å². The van der Waals surface area contributed by atoms with Gasteiger partial charge in [-0.2, -0.15) is 8.42 Å². The minimum Gasteiger partial charge on any atom is -0.342 e. The molecule has 6 heteroatoms. The van der Waals surface area contributed by atoms with Gasteiger partial charge >= 0.3 is 0 Å². The van der Waals surface area contributed by atoms with Crippen molar-refractivity contribution in [3.8, 4) is 0 Å². The second-order valence-corrected chi connectivity index (χ2v) is 9.05. The van der Waals surface area contributed by atoms with Gasteiger partial charge in [0, 0.05) is 13.6 Å². The first-order valence-corrected chi connectivity index (χ1v) is 12.3. The van der Waals surface area contributed by atoms with E-state index < -0.39 is 10.1 Å². The van der Waals surface area contributed by atoms with Gasteiger partial charge in [0.1, 0.15) is 0 Å². The zero-order chi connectivity index (χ0) is 20.4. The number of hydrogen-bond acceptors (Lipinski definition) is 3. The summed E-state index contributed by atoms with van der Waals surface area (Å²) in [5, 5.41) is 0. The Balaban J connectivity index is 3.49. The molecule has 0 heterocycles. The van der Waals surface area contributed by atoms with Crippen molar-refractivity contribution < 1.29 is 17.8 Å². The average Bonchev–Trinajstić information content (AvgIpc) is 2.61. The fourth-order valence-corrected chi connectivity index (χ4v) is 3.55. The van der Waals surface area contributed by atoms with Gasteiger partial charge < -0.3 is 4.90 Å². The molecule has 0 aromatic heterocycles. The highest BCUT2D eigenvalue weighted by atomic mass is 32.2. The first kappa shape index (κ1) is 26.1. The highest BCUT2D eigenvalue weighted by Gasteiger charge is 2.07. The number of carbonyl (C=O) groups is 1. The number of rotatable bonds is 18. The van der Waals surface area contributed by atoms with Gasteiger partial charge in [-0.25, -0.2) is 0 Å². The largest absolute Gasteiger partial charge is 0.342 e. The van der Waals surface area contributed by atoms with Crippen LogP contribution in [0.1, 0.15) is 96.8 Å². The summed E-state index contributed by atoms with van der Waals surface area (Å²) in [6.45, 7) is 2.75. The van der Waals surface area contributed by atoms with E-state index in [0.29, 0.717) is 19.4 Å². The Morgan fingerprint density at radius 2 is 1.37 bits per heavy atom. The first-order chi connectivity index (χ1) is 12.9. The van der Waals surface area contributed by atoms with Gasteiger partial charge in [-0.1, -0.05) is 77.2 Å². The maximum atomic E-state index is 11.9. The SMILES string of the molecule is CCCCCCCCCCCCC/C=C/C(=O)N(C)CCCCS(=O)(=O)O. The van der Waals surface area contributed by atoms with Crippen LogP contribution in [0.2, 0.25) is 0 Å². The lowest BCUT2D eigenvalue weighted by molar-refractivity contribution is -0.124. The summed E-state index contributed by atoms with van der Waals surface area (Å²) in [6, 6.07) is 0. The summed E-state index contributed by atoms with van der Waals surface area (Å²) in [6.07, 6.45) is 19.9. The Labute approximate surface area is 167 Å². The highest BCUT2D eigenvalue weighted by Crippen LogP contribution is 2.12. The summed E-state index contributed by atoms with van der Waals surface area (Å²) in [7, 11) is -2.18. The van der Waals surface area contributed by atoms with Crippen molar-refractivity contribution >= 4 is 16.0 Å². The smallest absolute Gasteiger partial charge is 0.264 e. The molecular formula is C21H41NO4S. The molecule has 0 aliphatic carbocycles. The fraction of sp³-hybridized carbons (Fsp3) is 0.857. The third-order valence-electron chi connectivity index (χ3n) is 4.76. The maximum absolute atomic E-state index is 11.9. The Hall–Kier alpha value is -0.880. The van der Waals surface area contributed by atoms with Crippen LogP contribution < -0.4 is 0 Å². The molecule has 0 spiro atoms. The van der Waals surface area contributed by atoms with Gasteiger partial charge in [0.25, 0.3) is 10.1 Å². The standard InChI is InChI=1S/C21H41NO4S/c1-3-4-5-6-7-8-9-10-11-12-13-14-15-18-21(23)22(2)19-16-17-20-27(24,25)26/h15,18H,3-14,16-17,19-20H2,1-2H3,(H,24,25,26)/b18-15+. The molecule has 0 aliphatic rings. The molecule has 0 rings (SSSR count). The third kappa shape index (κ3) is 19.7. The topological polar surface area (TPSA) is 74.7 Å². The normalized spacial score (nSPS) is 12.0. The van der Waals surface area contributed by atoms with Crippen LogP contribution in [0.5, 0.6) is 0 Å². The molecule has 0 unspecified atom stereocenters. The predicted molar refractivity (Wildman–Crippen MR) is 114 cm³/mol. The van der Waals surface area contributed by atoms with Gasteiger partial charge in [-0.15, -0.1) is 0 Å². The molecular weight excluding hydrogens is 362 g/mol. The van der Waals surface area contributed by atoms with E-state index in [-0.39, 0.29) is 11.7 Å². The monoisotopic (exact) mass is 403 g/mol. The van der Waals surface area contributed by atoms with E-state index in [1.807, 2.05) is 6.08 Å². The summed E-state index contributed by atoms with van der Waals surface area (Å²) in [5.41, 5.74) is 0. The number of likely N-dealkylation sites (N-methyl/N-ethyl adjacent to an activating group) is 1. The molecule has 160 valence electrons. The quantitative estimate of drug-likeness (QED) is 0.190. The van der Waals surface area contributed by atoms with Crippen LogP contribution in [0.4, 0.5) is 0 Å². The first-order valence-electron chi connectivity index (χ1n) is 10.7. The maximum Gasteiger partial charge on any atom is 0.264 e. The molecule has 0 aromatic rings. The van der Waals surface area contributed by atoms with E-state index in [0.717, 1.165) is 12.8 Å². The summed E-state index contributed by atoms with van der Waals surface area (Å²) in [4.78, 5) is 13.5. The van der Waals surface area contributed by atoms with Gasteiger partial charge in [-0.3, -0.25) is 9.35 Å². The second kappa shape index (κ2) is 17.2. The van der Waals surface area contributed by atoms with Gasteiger partial charge in [0.15, 0.2) is 0 Å². The Morgan fingerprint density at radius 1 is 0.852 bits per heavy atom. The number of nitrogens with zero attached hydrogens (tertiary/aromatic N) is 1. The van der Waals surface area contributed by atoms with E-state index in [2.05, 4.69) is 6.92 Å². The zero-order valence-corrected chi connectivity index (χ0v) is 18.3. The van der Waals surface area contributed by atoms with Crippen molar-refractivity contribution in [3.05, 3.63) is 12.2 Å². The molecule has 1 amide bonds. The Bertz CT molecular complexity index is 488. The lowest BCUT2D eigenvalue weighted by Gasteiger charge is -2.14. The van der Waals surface area contributed by atoms with Crippen LogP contribution >= 0.6 is 0 Å². The summed E-state index contributed by atoms with van der Waals surface area (Å²) < 4.78 is 29.9. The van der Waals surface area contributed by atoms with E-state index in [4.69, 9.17) is 4.55 Å². The van der Waals surface area contributed by atoms with Crippen molar-refractivity contribution in [1.29, 1.82) is 0 Å². The van der Waals surface area contributed by atoms with E-state index in [1.165, 1.54) is 64.2 Å². The van der Waals surface area contributed by atoms with E-state index in [1.54, 1.807) is 18.0 Å². The van der Waals surface area contributed by atoms with Crippen molar-refractivity contribution in [3.63, 3.8) is 0 Å². The number of carbonyl (C=O) groups excluding carboxylic acids is 1.